The van der Waals surface area contributed by atoms with Crippen LogP contribution < -0.4 is 4.74 Å². The molecule has 0 aliphatic heterocycles. The average Bonchev–Trinajstić information content (AvgIpc) is 2.61. The Bertz CT molecular complexity index is 518. The highest BCUT2D eigenvalue weighted by Gasteiger charge is 2.13. The lowest BCUT2D eigenvalue weighted by molar-refractivity contribution is 0.212. The van der Waals surface area contributed by atoms with E-state index in [9.17, 15) is 0 Å². The van der Waals surface area contributed by atoms with Crippen molar-refractivity contribution >= 4 is 12.2 Å². The minimum atomic E-state index is -0.139. The predicted octanol–water partition coefficient (Wildman–Crippen LogP) is 2.62. The molecule has 4 nitrogen and oxygen atoms in total. The molecule has 0 amide bonds. The fourth-order valence-corrected chi connectivity index (χ4v) is 1.62. The van der Waals surface area contributed by atoms with Crippen LogP contribution in [0.25, 0.3) is 0 Å². The Kier molecular flexibility index (Phi) is 3.05. The number of H-pyrrole nitrogens is 1. The second kappa shape index (κ2) is 4.49. The molecule has 0 unspecified atom stereocenters. The largest absolute Gasteiger partial charge is 0.483 e. The summed E-state index contributed by atoms with van der Waals surface area (Å²) in [6.07, 6.45) is -0.139. The van der Waals surface area contributed by atoms with Gasteiger partial charge < -0.3 is 9.30 Å². The number of hydrogen-bond donors (Lipinski definition) is 1. The van der Waals surface area contributed by atoms with Crippen LogP contribution >= 0.6 is 12.2 Å². The molecule has 1 heterocycles. The van der Waals surface area contributed by atoms with Crippen LogP contribution in [0, 0.1) is 4.77 Å². The first-order valence-electron chi connectivity index (χ1n) is 5.01. The van der Waals surface area contributed by atoms with E-state index in [0.717, 1.165) is 11.6 Å². The van der Waals surface area contributed by atoms with Gasteiger partial charge in [0.05, 0.1) is 0 Å². The summed E-state index contributed by atoms with van der Waals surface area (Å²) in [5.41, 5.74) is 0. The van der Waals surface area contributed by atoms with Crippen molar-refractivity contribution in [1.29, 1.82) is 0 Å². The monoisotopic (exact) mass is 235 g/mol. The quantitative estimate of drug-likeness (QED) is 0.832. The first kappa shape index (κ1) is 10.9. The van der Waals surface area contributed by atoms with Crippen LogP contribution in [0.3, 0.4) is 0 Å². The first-order chi connectivity index (χ1) is 7.68. The normalized spacial score (nSPS) is 12.4. The Morgan fingerprint density at radius 1 is 1.38 bits per heavy atom. The number of hydrogen-bond acceptors (Lipinski definition) is 3. The Labute approximate surface area is 98.9 Å². The second-order valence-corrected chi connectivity index (χ2v) is 3.91. The van der Waals surface area contributed by atoms with E-state index in [1.807, 2.05) is 48.9 Å². The molecule has 0 saturated carbocycles. The minimum absolute atomic E-state index is 0.139. The van der Waals surface area contributed by atoms with Crippen molar-refractivity contribution in [3.63, 3.8) is 0 Å². The molecule has 0 aliphatic carbocycles. The molecule has 1 atom stereocenters. The van der Waals surface area contributed by atoms with E-state index >= 15 is 0 Å². The molecule has 2 aromatic rings. The number of nitrogens with one attached hydrogen (secondary N) is 1. The van der Waals surface area contributed by atoms with Crippen molar-refractivity contribution in [3.05, 3.63) is 40.9 Å². The van der Waals surface area contributed by atoms with Gasteiger partial charge in [-0.2, -0.15) is 5.10 Å². The van der Waals surface area contributed by atoms with Gasteiger partial charge in [0.25, 0.3) is 0 Å². The van der Waals surface area contributed by atoms with E-state index in [-0.39, 0.29) is 6.10 Å². The Morgan fingerprint density at radius 2 is 2.06 bits per heavy atom. The molecule has 1 N–H and O–H groups in total. The highest BCUT2D eigenvalue weighted by Crippen LogP contribution is 2.19. The van der Waals surface area contributed by atoms with Crippen molar-refractivity contribution in [2.45, 2.75) is 13.0 Å². The zero-order valence-corrected chi connectivity index (χ0v) is 9.99. The predicted molar refractivity (Wildman–Crippen MR) is 63.9 cm³/mol. The number of nitrogens with zero attached hydrogens (tertiary/aromatic N) is 2. The van der Waals surface area contributed by atoms with Crippen LogP contribution in [-0.2, 0) is 7.05 Å². The van der Waals surface area contributed by atoms with Crippen molar-refractivity contribution in [2.24, 2.45) is 7.05 Å². The molecule has 16 heavy (non-hydrogen) atoms. The molecule has 84 valence electrons. The fraction of sp³-hybridized carbons (Fsp3) is 0.273. The summed E-state index contributed by atoms with van der Waals surface area (Å²) in [4.78, 5) is 0. The van der Waals surface area contributed by atoms with Crippen molar-refractivity contribution in [1.82, 2.24) is 14.8 Å². The lowest BCUT2D eigenvalue weighted by Gasteiger charge is -2.13. The van der Waals surface area contributed by atoms with Crippen LogP contribution in [0.2, 0.25) is 0 Å². The van der Waals surface area contributed by atoms with E-state index in [4.69, 9.17) is 17.0 Å². The second-order valence-electron chi connectivity index (χ2n) is 3.52. The van der Waals surface area contributed by atoms with Gasteiger partial charge in [0.1, 0.15) is 5.75 Å². The maximum absolute atomic E-state index is 5.74. The van der Waals surface area contributed by atoms with E-state index in [0.29, 0.717) is 4.77 Å². The van der Waals surface area contributed by atoms with E-state index in [2.05, 4.69) is 10.2 Å². The molecule has 5 heteroatoms. The van der Waals surface area contributed by atoms with Gasteiger partial charge in [-0.25, -0.2) is 0 Å². The molecule has 0 spiro atoms. The van der Waals surface area contributed by atoms with Gasteiger partial charge in [0.15, 0.2) is 16.7 Å². The highest BCUT2D eigenvalue weighted by molar-refractivity contribution is 7.71. The van der Waals surface area contributed by atoms with Gasteiger partial charge in [-0.3, -0.25) is 5.10 Å². The van der Waals surface area contributed by atoms with Crippen LogP contribution in [0.5, 0.6) is 5.75 Å². The van der Waals surface area contributed by atoms with Gasteiger partial charge in [0, 0.05) is 7.05 Å². The van der Waals surface area contributed by atoms with Gasteiger partial charge in [-0.1, -0.05) is 18.2 Å². The maximum Gasteiger partial charge on any atom is 0.195 e. The molecule has 0 aliphatic rings. The molecular formula is C11H13N3OS. The Balaban J connectivity index is 2.18. The Morgan fingerprint density at radius 3 is 2.62 bits per heavy atom. The van der Waals surface area contributed by atoms with E-state index in [1.54, 1.807) is 0 Å². The number of ether oxygens (including phenoxy) is 1. The van der Waals surface area contributed by atoms with Gasteiger partial charge in [-0.05, 0) is 31.3 Å². The van der Waals surface area contributed by atoms with Crippen LogP contribution in [0.15, 0.2) is 30.3 Å². The zero-order chi connectivity index (χ0) is 11.5. The van der Waals surface area contributed by atoms with Crippen molar-refractivity contribution < 1.29 is 4.74 Å². The average molecular weight is 235 g/mol. The number of benzene rings is 1. The minimum Gasteiger partial charge on any atom is -0.483 e. The summed E-state index contributed by atoms with van der Waals surface area (Å²) in [5, 5.41) is 6.87. The number of aromatic amines is 1. The van der Waals surface area contributed by atoms with Crippen molar-refractivity contribution in [3.8, 4) is 5.75 Å². The SMILES string of the molecule is C[C@H](Oc1ccccc1)c1n[nH]c(=S)n1C. The van der Waals surface area contributed by atoms with E-state index in [1.165, 1.54) is 0 Å². The van der Waals surface area contributed by atoms with Crippen LogP contribution in [-0.4, -0.2) is 14.8 Å². The fourth-order valence-electron chi connectivity index (χ4n) is 1.48. The smallest absolute Gasteiger partial charge is 0.195 e. The van der Waals surface area contributed by atoms with Crippen LogP contribution in [0.1, 0.15) is 18.9 Å². The number of aromatic nitrogens is 3. The molecule has 0 radical (unpaired) electrons. The molecule has 1 aromatic heterocycles. The van der Waals surface area contributed by atoms with E-state index < -0.39 is 0 Å². The number of para-hydroxylation sites is 1. The lowest BCUT2D eigenvalue weighted by atomic mass is 10.3. The molecule has 1 aromatic carbocycles. The molecule has 0 saturated heterocycles. The maximum atomic E-state index is 5.74. The lowest BCUT2D eigenvalue weighted by Crippen LogP contribution is -2.09. The molecule has 0 bridgehead atoms. The standard InChI is InChI=1S/C11H13N3OS/c1-8(10-12-13-11(16)14(10)2)15-9-6-4-3-5-7-9/h3-8H,1-2H3,(H,13,16)/t8-/m0/s1. The summed E-state index contributed by atoms with van der Waals surface area (Å²) < 4.78 is 8.15. The van der Waals surface area contributed by atoms with Crippen molar-refractivity contribution in [2.75, 3.05) is 0 Å². The molecule has 0 fully saturated rings. The third kappa shape index (κ3) is 2.14. The molecular weight excluding hydrogens is 222 g/mol. The third-order valence-electron chi connectivity index (χ3n) is 2.33. The summed E-state index contributed by atoms with van der Waals surface area (Å²) in [7, 11) is 1.87. The summed E-state index contributed by atoms with van der Waals surface area (Å²) in [6.45, 7) is 1.94. The number of rotatable bonds is 3. The first-order valence-corrected chi connectivity index (χ1v) is 5.42. The zero-order valence-electron chi connectivity index (χ0n) is 9.18. The highest BCUT2D eigenvalue weighted by atomic mass is 32.1. The van der Waals surface area contributed by atoms with Gasteiger partial charge in [-0.15, -0.1) is 0 Å². The molecule has 2 rings (SSSR count). The van der Waals surface area contributed by atoms with Crippen LogP contribution in [0.4, 0.5) is 0 Å². The van der Waals surface area contributed by atoms with Gasteiger partial charge >= 0.3 is 0 Å². The summed E-state index contributed by atoms with van der Waals surface area (Å²) >= 11 is 5.05. The topological polar surface area (TPSA) is 42.8 Å². The summed E-state index contributed by atoms with van der Waals surface area (Å²) in [5.74, 6) is 1.61. The van der Waals surface area contributed by atoms with Gasteiger partial charge in [0.2, 0.25) is 0 Å². The third-order valence-corrected chi connectivity index (χ3v) is 2.70. The Hall–Kier alpha value is -1.62. The summed E-state index contributed by atoms with van der Waals surface area (Å²) in [6, 6.07) is 9.65.